The van der Waals surface area contributed by atoms with Crippen LogP contribution < -0.4 is 0 Å². The zero-order chi connectivity index (χ0) is 13.2. The number of aromatic nitrogens is 3. The zero-order valence-corrected chi connectivity index (χ0v) is 11.6. The molecule has 0 atom stereocenters. The molecule has 3 rings (SSSR count). The number of hydrogen-bond acceptors (Lipinski definition) is 3. The highest BCUT2D eigenvalue weighted by molar-refractivity contribution is 6.28. The summed E-state index contributed by atoms with van der Waals surface area (Å²) in [4.78, 5) is 0. The molecule has 1 fully saturated rings. The second-order valence-corrected chi connectivity index (χ2v) is 5.15. The van der Waals surface area contributed by atoms with E-state index in [0.717, 1.165) is 17.9 Å². The maximum atomic E-state index is 6.22. The van der Waals surface area contributed by atoms with E-state index >= 15 is 0 Å². The van der Waals surface area contributed by atoms with Gasteiger partial charge in [0.05, 0.1) is 12.3 Å². The fourth-order valence-corrected chi connectivity index (χ4v) is 2.47. The number of hydrogen-bond donors (Lipinski definition) is 0. The van der Waals surface area contributed by atoms with E-state index in [1.807, 2.05) is 16.7 Å². The standard InChI is InChI=1S/C14H16ClN3O/c1-19-9-8-10-4-2-3-5-12(10)18-13(11-6-7-11)16-17-14(18)15/h2-5,11H,6-9H2,1H3. The molecule has 100 valence electrons. The lowest BCUT2D eigenvalue weighted by atomic mass is 10.1. The van der Waals surface area contributed by atoms with Crippen molar-refractivity contribution in [2.24, 2.45) is 0 Å². The third-order valence-electron chi connectivity index (χ3n) is 3.40. The van der Waals surface area contributed by atoms with Crippen molar-refractivity contribution in [1.29, 1.82) is 0 Å². The molecule has 0 amide bonds. The first-order valence-corrected chi connectivity index (χ1v) is 6.87. The van der Waals surface area contributed by atoms with E-state index in [2.05, 4.69) is 22.3 Å². The minimum absolute atomic E-state index is 0.437. The largest absolute Gasteiger partial charge is 0.384 e. The molecule has 0 N–H and O–H groups in total. The molecule has 0 unspecified atom stereocenters. The van der Waals surface area contributed by atoms with Gasteiger partial charge < -0.3 is 4.74 Å². The van der Waals surface area contributed by atoms with Crippen LogP contribution in [0.5, 0.6) is 0 Å². The summed E-state index contributed by atoms with van der Waals surface area (Å²) in [6.45, 7) is 0.690. The Balaban J connectivity index is 2.03. The Morgan fingerprint density at radius 1 is 1.32 bits per heavy atom. The van der Waals surface area contributed by atoms with Gasteiger partial charge in [-0.1, -0.05) is 18.2 Å². The number of benzene rings is 1. The minimum Gasteiger partial charge on any atom is -0.384 e. The van der Waals surface area contributed by atoms with E-state index in [-0.39, 0.29) is 0 Å². The van der Waals surface area contributed by atoms with Crippen LogP contribution in [0, 0.1) is 0 Å². The highest BCUT2D eigenvalue weighted by Gasteiger charge is 2.31. The average Bonchev–Trinajstić information content (AvgIpc) is 3.20. The number of ether oxygens (including phenoxy) is 1. The SMILES string of the molecule is COCCc1ccccc1-n1c(Cl)nnc1C1CC1. The molecule has 1 saturated carbocycles. The molecule has 1 aliphatic carbocycles. The molecule has 0 spiro atoms. The average molecular weight is 278 g/mol. The topological polar surface area (TPSA) is 39.9 Å². The molecule has 1 aromatic carbocycles. The third-order valence-corrected chi connectivity index (χ3v) is 3.64. The van der Waals surface area contributed by atoms with E-state index in [1.54, 1.807) is 7.11 Å². The first kappa shape index (κ1) is 12.6. The summed E-state index contributed by atoms with van der Waals surface area (Å²) < 4.78 is 7.14. The molecular formula is C14H16ClN3O. The van der Waals surface area contributed by atoms with Gasteiger partial charge in [0.15, 0.2) is 0 Å². The quantitative estimate of drug-likeness (QED) is 0.843. The molecule has 0 bridgehead atoms. The van der Waals surface area contributed by atoms with Crippen molar-refractivity contribution >= 4 is 11.6 Å². The molecule has 0 aliphatic heterocycles. The molecule has 0 saturated heterocycles. The Kier molecular flexibility index (Phi) is 3.53. The van der Waals surface area contributed by atoms with Gasteiger partial charge in [-0.05, 0) is 42.5 Å². The normalized spacial score (nSPS) is 14.8. The van der Waals surface area contributed by atoms with Gasteiger partial charge in [-0.25, -0.2) is 0 Å². The first-order chi connectivity index (χ1) is 9.31. The van der Waals surface area contributed by atoms with Crippen molar-refractivity contribution in [1.82, 2.24) is 14.8 Å². The smallest absolute Gasteiger partial charge is 0.229 e. The highest BCUT2D eigenvalue weighted by Crippen LogP contribution is 2.41. The van der Waals surface area contributed by atoms with Crippen LogP contribution in [0.4, 0.5) is 0 Å². The Morgan fingerprint density at radius 2 is 2.11 bits per heavy atom. The molecular weight excluding hydrogens is 262 g/mol. The summed E-state index contributed by atoms with van der Waals surface area (Å²) in [7, 11) is 1.71. The van der Waals surface area contributed by atoms with Gasteiger partial charge in [-0.3, -0.25) is 4.57 Å². The van der Waals surface area contributed by atoms with E-state index in [4.69, 9.17) is 16.3 Å². The second-order valence-electron chi connectivity index (χ2n) is 4.81. The van der Waals surface area contributed by atoms with Gasteiger partial charge in [0.2, 0.25) is 5.28 Å². The number of nitrogens with zero attached hydrogens (tertiary/aromatic N) is 3. The Morgan fingerprint density at radius 3 is 2.84 bits per heavy atom. The summed E-state index contributed by atoms with van der Waals surface area (Å²) in [5, 5.41) is 8.68. The van der Waals surface area contributed by atoms with Gasteiger partial charge in [0.1, 0.15) is 5.82 Å². The third kappa shape index (κ3) is 2.51. The van der Waals surface area contributed by atoms with E-state index in [9.17, 15) is 0 Å². The van der Waals surface area contributed by atoms with Crippen LogP contribution in [0.1, 0.15) is 30.1 Å². The number of halogens is 1. The van der Waals surface area contributed by atoms with Crippen LogP contribution in [0.3, 0.4) is 0 Å². The molecule has 1 heterocycles. The summed E-state index contributed by atoms with van der Waals surface area (Å²) in [6, 6.07) is 8.20. The zero-order valence-electron chi connectivity index (χ0n) is 10.8. The molecule has 0 radical (unpaired) electrons. The summed E-state index contributed by atoms with van der Waals surface area (Å²) in [5.41, 5.74) is 2.27. The van der Waals surface area contributed by atoms with Crippen molar-refractivity contribution in [2.45, 2.75) is 25.2 Å². The molecule has 1 aromatic heterocycles. The van der Waals surface area contributed by atoms with Crippen LogP contribution >= 0.6 is 11.6 Å². The lowest BCUT2D eigenvalue weighted by Crippen LogP contribution is -2.06. The summed E-state index contributed by atoms with van der Waals surface area (Å²) in [6.07, 6.45) is 3.20. The molecule has 5 heteroatoms. The molecule has 19 heavy (non-hydrogen) atoms. The minimum atomic E-state index is 0.437. The molecule has 2 aromatic rings. The van der Waals surface area contributed by atoms with E-state index in [1.165, 1.54) is 18.4 Å². The fourth-order valence-electron chi connectivity index (χ4n) is 2.26. The van der Waals surface area contributed by atoms with Crippen LogP contribution in [0.2, 0.25) is 5.28 Å². The van der Waals surface area contributed by atoms with Crippen LogP contribution in [-0.4, -0.2) is 28.5 Å². The first-order valence-electron chi connectivity index (χ1n) is 6.49. The highest BCUT2D eigenvalue weighted by atomic mass is 35.5. The maximum absolute atomic E-state index is 6.22. The Hall–Kier alpha value is -1.39. The van der Waals surface area contributed by atoms with Crippen molar-refractivity contribution in [3.05, 3.63) is 40.9 Å². The van der Waals surface area contributed by atoms with Crippen LogP contribution in [0.25, 0.3) is 5.69 Å². The summed E-state index contributed by atoms with van der Waals surface area (Å²) >= 11 is 6.22. The van der Waals surface area contributed by atoms with Gasteiger partial charge in [0.25, 0.3) is 0 Å². The van der Waals surface area contributed by atoms with Crippen molar-refractivity contribution in [2.75, 3.05) is 13.7 Å². The number of rotatable bonds is 5. The van der Waals surface area contributed by atoms with Crippen LogP contribution in [0.15, 0.2) is 24.3 Å². The maximum Gasteiger partial charge on any atom is 0.229 e. The van der Waals surface area contributed by atoms with Crippen LogP contribution in [-0.2, 0) is 11.2 Å². The van der Waals surface area contributed by atoms with E-state index < -0.39 is 0 Å². The van der Waals surface area contributed by atoms with Crippen molar-refractivity contribution < 1.29 is 4.74 Å². The molecule has 1 aliphatic rings. The number of methoxy groups -OCH3 is 1. The Labute approximate surface area is 117 Å². The predicted molar refractivity (Wildman–Crippen MR) is 73.9 cm³/mol. The lowest BCUT2D eigenvalue weighted by molar-refractivity contribution is 0.202. The predicted octanol–water partition coefficient (Wildman–Crippen LogP) is 2.99. The van der Waals surface area contributed by atoms with Crippen molar-refractivity contribution in [3.63, 3.8) is 0 Å². The Bertz CT molecular complexity index is 578. The van der Waals surface area contributed by atoms with Gasteiger partial charge in [0, 0.05) is 13.0 Å². The monoisotopic (exact) mass is 277 g/mol. The molecule has 4 nitrogen and oxygen atoms in total. The fraction of sp³-hybridized carbons (Fsp3) is 0.429. The van der Waals surface area contributed by atoms with Crippen molar-refractivity contribution in [3.8, 4) is 5.69 Å². The lowest BCUT2D eigenvalue weighted by Gasteiger charge is -2.12. The second kappa shape index (κ2) is 5.31. The van der Waals surface area contributed by atoms with E-state index in [0.29, 0.717) is 17.8 Å². The van der Waals surface area contributed by atoms with Gasteiger partial charge in [-0.15, -0.1) is 10.2 Å². The summed E-state index contributed by atoms with van der Waals surface area (Å²) in [5.74, 6) is 1.49. The van der Waals surface area contributed by atoms with Gasteiger partial charge >= 0.3 is 0 Å². The van der Waals surface area contributed by atoms with Gasteiger partial charge in [-0.2, -0.15) is 0 Å². The number of para-hydroxylation sites is 1.